The third-order valence-corrected chi connectivity index (χ3v) is 3.66. The lowest BCUT2D eigenvalue weighted by molar-refractivity contribution is -0.132. The smallest absolute Gasteiger partial charge is 0.227 e. The van der Waals surface area contributed by atoms with Gasteiger partial charge in [-0.3, -0.25) is 9.78 Å². The average Bonchev–Trinajstić information content (AvgIpc) is 3.24. The van der Waals surface area contributed by atoms with Crippen LogP contribution in [0.25, 0.3) is 0 Å². The number of nitrogens with zero attached hydrogens (tertiary/aromatic N) is 3. The van der Waals surface area contributed by atoms with Crippen LogP contribution in [-0.2, 0) is 11.2 Å². The molecule has 1 amide bonds. The molecule has 1 heterocycles. The number of carbonyl (C=O) groups excluding carboxylic acids is 1. The summed E-state index contributed by atoms with van der Waals surface area (Å²) in [7, 11) is 0. The van der Waals surface area contributed by atoms with E-state index in [9.17, 15) is 4.79 Å². The molecule has 0 aliphatic heterocycles. The largest absolute Gasteiger partial charge is 0.338 e. The minimum atomic E-state index is 0.0997. The van der Waals surface area contributed by atoms with Gasteiger partial charge in [0, 0.05) is 25.0 Å². The van der Waals surface area contributed by atoms with Gasteiger partial charge in [-0.25, -0.2) is 0 Å². The highest BCUT2D eigenvalue weighted by Gasteiger charge is 2.33. The maximum Gasteiger partial charge on any atom is 0.227 e. The van der Waals surface area contributed by atoms with Gasteiger partial charge in [-0.2, -0.15) is 5.26 Å². The Hall–Kier alpha value is -1.89. The lowest BCUT2D eigenvalue weighted by Gasteiger charge is -2.28. The van der Waals surface area contributed by atoms with Gasteiger partial charge in [-0.05, 0) is 37.3 Å². The molecule has 4 nitrogen and oxygen atoms in total. The number of hydrogen-bond donors (Lipinski definition) is 0. The lowest BCUT2D eigenvalue weighted by Crippen LogP contribution is -2.41. The number of pyridine rings is 1. The Morgan fingerprint density at radius 1 is 1.63 bits per heavy atom. The van der Waals surface area contributed by atoms with Gasteiger partial charge < -0.3 is 4.90 Å². The average molecular weight is 257 g/mol. The number of aromatic nitrogens is 1. The summed E-state index contributed by atoms with van der Waals surface area (Å²) < 4.78 is 0. The number of nitriles is 1. The fourth-order valence-electron chi connectivity index (χ4n) is 2.34. The number of hydrogen-bond acceptors (Lipinski definition) is 3. The maximum atomic E-state index is 12.4. The molecule has 0 spiro atoms. The molecule has 1 aromatic rings. The predicted octanol–water partition coefficient (Wildman–Crippen LogP) is 2.16. The minimum absolute atomic E-state index is 0.0997. The molecule has 4 heteroatoms. The lowest BCUT2D eigenvalue weighted by atomic mass is 10.1. The first-order chi connectivity index (χ1) is 9.22. The van der Waals surface area contributed by atoms with E-state index in [1.165, 1.54) is 12.8 Å². The Kier molecular flexibility index (Phi) is 4.51. The van der Waals surface area contributed by atoms with Gasteiger partial charge in [-0.1, -0.05) is 6.07 Å². The first-order valence-corrected chi connectivity index (χ1v) is 6.77. The molecular weight excluding hydrogens is 238 g/mol. The molecule has 1 aliphatic rings. The van der Waals surface area contributed by atoms with Gasteiger partial charge in [0.1, 0.15) is 0 Å². The summed E-state index contributed by atoms with van der Waals surface area (Å²) in [6, 6.07) is 6.12. The van der Waals surface area contributed by atoms with E-state index in [2.05, 4.69) is 18.0 Å². The number of amides is 1. The van der Waals surface area contributed by atoms with E-state index in [0.29, 0.717) is 25.3 Å². The van der Waals surface area contributed by atoms with E-state index < -0.39 is 0 Å². The molecule has 0 N–H and O–H groups in total. The molecule has 1 aromatic heterocycles. The molecule has 1 fully saturated rings. The van der Waals surface area contributed by atoms with E-state index in [-0.39, 0.29) is 11.9 Å². The topological polar surface area (TPSA) is 57.0 Å². The summed E-state index contributed by atoms with van der Waals surface area (Å²) in [4.78, 5) is 18.3. The SMILES string of the molecule is CC(C1CC1)N(CCC#N)C(=O)Cc1cccnc1. The fourth-order valence-corrected chi connectivity index (χ4v) is 2.34. The molecule has 0 aromatic carbocycles. The van der Waals surface area contributed by atoms with Crippen molar-refractivity contribution in [2.45, 2.75) is 38.6 Å². The monoisotopic (exact) mass is 257 g/mol. The second kappa shape index (κ2) is 6.33. The molecule has 100 valence electrons. The standard InChI is InChI=1S/C15H19N3O/c1-12(14-5-6-14)18(9-3-7-16)15(19)10-13-4-2-8-17-11-13/h2,4,8,11-12,14H,3,5-6,9-10H2,1H3. The first kappa shape index (κ1) is 13.5. The van der Waals surface area contributed by atoms with Crippen LogP contribution in [-0.4, -0.2) is 28.4 Å². The molecule has 1 unspecified atom stereocenters. The van der Waals surface area contributed by atoms with Crippen LogP contribution in [0.15, 0.2) is 24.5 Å². The van der Waals surface area contributed by atoms with Crippen molar-refractivity contribution in [2.75, 3.05) is 6.54 Å². The molecule has 1 saturated carbocycles. The van der Waals surface area contributed by atoms with Gasteiger partial charge in [0.15, 0.2) is 0 Å². The summed E-state index contributed by atoms with van der Waals surface area (Å²) in [6.07, 6.45) is 6.59. The van der Waals surface area contributed by atoms with Crippen molar-refractivity contribution in [3.8, 4) is 6.07 Å². The molecule has 19 heavy (non-hydrogen) atoms. The molecule has 2 rings (SSSR count). The van der Waals surface area contributed by atoms with Crippen LogP contribution >= 0.6 is 0 Å². The molecule has 0 bridgehead atoms. The van der Waals surface area contributed by atoms with E-state index in [1.54, 1.807) is 12.4 Å². The van der Waals surface area contributed by atoms with Crippen LogP contribution in [0, 0.1) is 17.2 Å². The van der Waals surface area contributed by atoms with E-state index in [4.69, 9.17) is 5.26 Å². The zero-order chi connectivity index (χ0) is 13.7. The zero-order valence-corrected chi connectivity index (χ0v) is 11.2. The van der Waals surface area contributed by atoms with Gasteiger partial charge in [0.25, 0.3) is 0 Å². The summed E-state index contributed by atoms with van der Waals surface area (Å²) >= 11 is 0. The van der Waals surface area contributed by atoms with Crippen molar-refractivity contribution in [1.82, 2.24) is 9.88 Å². The highest BCUT2D eigenvalue weighted by molar-refractivity contribution is 5.79. The second-order valence-electron chi connectivity index (χ2n) is 5.11. The third-order valence-electron chi connectivity index (χ3n) is 3.66. The van der Waals surface area contributed by atoms with Crippen molar-refractivity contribution < 1.29 is 4.79 Å². The van der Waals surface area contributed by atoms with Crippen LogP contribution < -0.4 is 0 Å². The van der Waals surface area contributed by atoms with Crippen molar-refractivity contribution in [3.63, 3.8) is 0 Å². The van der Waals surface area contributed by atoms with Gasteiger partial charge in [0.2, 0.25) is 5.91 Å². The van der Waals surface area contributed by atoms with Gasteiger partial charge in [-0.15, -0.1) is 0 Å². The Labute approximate surface area is 114 Å². The normalized spacial score (nSPS) is 15.6. The summed E-state index contributed by atoms with van der Waals surface area (Å²) in [5, 5.41) is 8.72. The second-order valence-corrected chi connectivity index (χ2v) is 5.11. The Balaban J connectivity index is 2.00. The molecule has 1 atom stereocenters. The maximum absolute atomic E-state index is 12.4. The Morgan fingerprint density at radius 2 is 2.42 bits per heavy atom. The predicted molar refractivity (Wildman–Crippen MR) is 72.1 cm³/mol. The van der Waals surface area contributed by atoms with Crippen LogP contribution in [0.2, 0.25) is 0 Å². The van der Waals surface area contributed by atoms with Crippen molar-refractivity contribution in [2.24, 2.45) is 5.92 Å². The van der Waals surface area contributed by atoms with Gasteiger partial charge in [0.05, 0.1) is 18.9 Å². The Bertz CT molecular complexity index is 462. The number of rotatable bonds is 6. The Morgan fingerprint density at radius 3 is 3.00 bits per heavy atom. The number of carbonyl (C=O) groups is 1. The molecule has 0 radical (unpaired) electrons. The highest BCUT2D eigenvalue weighted by Crippen LogP contribution is 2.35. The molecule has 1 aliphatic carbocycles. The fraction of sp³-hybridized carbons (Fsp3) is 0.533. The van der Waals surface area contributed by atoms with Gasteiger partial charge >= 0.3 is 0 Å². The quantitative estimate of drug-likeness (QED) is 0.784. The zero-order valence-electron chi connectivity index (χ0n) is 11.2. The molecule has 0 saturated heterocycles. The summed E-state index contributed by atoms with van der Waals surface area (Å²) in [6.45, 7) is 2.63. The minimum Gasteiger partial charge on any atom is -0.338 e. The van der Waals surface area contributed by atoms with E-state index in [0.717, 1.165) is 5.56 Å². The van der Waals surface area contributed by atoms with Crippen LogP contribution in [0.5, 0.6) is 0 Å². The van der Waals surface area contributed by atoms with Crippen LogP contribution in [0.3, 0.4) is 0 Å². The van der Waals surface area contributed by atoms with Crippen LogP contribution in [0.1, 0.15) is 31.7 Å². The van der Waals surface area contributed by atoms with Crippen molar-refractivity contribution in [3.05, 3.63) is 30.1 Å². The van der Waals surface area contributed by atoms with E-state index >= 15 is 0 Å². The summed E-state index contributed by atoms with van der Waals surface area (Å²) in [5.74, 6) is 0.721. The van der Waals surface area contributed by atoms with Crippen LogP contribution in [0.4, 0.5) is 0 Å². The summed E-state index contributed by atoms with van der Waals surface area (Å²) in [5.41, 5.74) is 0.928. The highest BCUT2D eigenvalue weighted by atomic mass is 16.2. The third kappa shape index (κ3) is 3.78. The van der Waals surface area contributed by atoms with Crippen molar-refractivity contribution in [1.29, 1.82) is 5.26 Å². The van der Waals surface area contributed by atoms with Crippen molar-refractivity contribution >= 4 is 5.91 Å². The van der Waals surface area contributed by atoms with E-state index in [1.807, 2.05) is 17.0 Å². The molecular formula is C15H19N3O. The first-order valence-electron chi connectivity index (χ1n) is 6.77.